The van der Waals surface area contributed by atoms with Crippen LogP contribution in [-0.4, -0.2) is 59.9 Å². The van der Waals surface area contributed by atoms with E-state index in [1.807, 2.05) is 43.1 Å². The third-order valence-corrected chi connectivity index (χ3v) is 5.44. The molecule has 1 amide bonds. The first-order valence-corrected chi connectivity index (χ1v) is 9.62. The second-order valence-electron chi connectivity index (χ2n) is 5.43. The van der Waals surface area contributed by atoms with Crippen molar-refractivity contribution >= 4 is 63.5 Å². The van der Waals surface area contributed by atoms with Crippen molar-refractivity contribution in [3.8, 4) is 0 Å². The molecule has 134 valence electrons. The minimum atomic E-state index is 0. The van der Waals surface area contributed by atoms with Gasteiger partial charge in [0.2, 0.25) is 5.91 Å². The Labute approximate surface area is 173 Å². The molecule has 1 aliphatic rings. The maximum Gasteiger partial charge on any atom is 0.224 e. The number of carbonyl (C=O) groups excluding carboxylic acids is 1. The zero-order chi connectivity index (χ0) is 16.7. The van der Waals surface area contributed by atoms with Crippen LogP contribution in [0.4, 0.5) is 0 Å². The van der Waals surface area contributed by atoms with Crippen LogP contribution in [0.5, 0.6) is 0 Å². The van der Waals surface area contributed by atoms with Crippen LogP contribution in [0.2, 0.25) is 0 Å². The van der Waals surface area contributed by atoms with Crippen LogP contribution >= 0.6 is 51.7 Å². The van der Waals surface area contributed by atoms with E-state index in [1.54, 1.807) is 4.90 Å². The Morgan fingerprint density at radius 2 is 2.04 bits per heavy atom. The summed E-state index contributed by atoms with van der Waals surface area (Å²) < 4.78 is 1.02. The standard InChI is InChI=1S/C16H23BrN4OS.HI/c1-20(12-13-4-2-3-5-14(13)17)15(22)6-7-19-16(18)21-8-10-23-11-9-21;/h2-5H,6-12H2,1H3,(H2,18,19);1H. The molecule has 1 aromatic rings. The zero-order valence-corrected chi connectivity index (χ0v) is 18.5. The Morgan fingerprint density at radius 1 is 1.38 bits per heavy atom. The fourth-order valence-corrected chi connectivity index (χ4v) is 3.63. The van der Waals surface area contributed by atoms with Gasteiger partial charge in [0.05, 0.1) is 6.54 Å². The van der Waals surface area contributed by atoms with Crippen molar-refractivity contribution in [3.63, 3.8) is 0 Å². The topological polar surface area (TPSA) is 61.9 Å². The summed E-state index contributed by atoms with van der Waals surface area (Å²) in [6.07, 6.45) is 0.379. The summed E-state index contributed by atoms with van der Waals surface area (Å²) >= 11 is 5.44. The summed E-state index contributed by atoms with van der Waals surface area (Å²) in [6, 6.07) is 7.93. The Morgan fingerprint density at radius 3 is 2.71 bits per heavy atom. The zero-order valence-electron chi connectivity index (χ0n) is 13.8. The highest BCUT2D eigenvalue weighted by Crippen LogP contribution is 2.17. The highest BCUT2D eigenvalue weighted by atomic mass is 127. The van der Waals surface area contributed by atoms with E-state index in [-0.39, 0.29) is 29.9 Å². The van der Waals surface area contributed by atoms with E-state index >= 15 is 0 Å². The van der Waals surface area contributed by atoms with E-state index in [0.29, 0.717) is 25.5 Å². The maximum atomic E-state index is 12.2. The molecule has 2 rings (SSSR count). The van der Waals surface area contributed by atoms with Gasteiger partial charge in [0.15, 0.2) is 5.96 Å². The molecule has 24 heavy (non-hydrogen) atoms. The highest BCUT2D eigenvalue weighted by molar-refractivity contribution is 14.0. The molecule has 0 bridgehead atoms. The quantitative estimate of drug-likeness (QED) is 0.364. The molecule has 1 aliphatic heterocycles. The molecule has 8 heteroatoms. The highest BCUT2D eigenvalue weighted by Gasteiger charge is 2.13. The molecule has 1 aromatic carbocycles. The van der Waals surface area contributed by atoms with Gasteiger partial charge in [-0.05, 0) is 11.6 Å². The lowest BCUT2D eigenvalue weighted by Gasteiger charge is -2.27. The van der Waals surface area contributed by atoms with E-state index in [0.717, 1.165) is 34.6 Å². The van der Waals surface area contributed by atoms with Crippen molar-refractivity contribution < 1.29 is 4.79 Å². The molecule has 5 nitrogen and oxygen atoms in total. The summed E-state index contributed by atoms with van der Waals surface area (Å²) in [4.78, 5) is 20.4. The van der Waals surface area contributed by atoms with E-state index in [2.05, 4.69) is 25.8 Å². The van der Waals surface area contributed by atoms with Crippen molar-refractivity contribution in [3.05, 3.63) is 34.3 Å². The van der Waals surface area contributed by atoms with Gasteiger partial charge in [-0.25, -0.2) is 0 Å². The lowest BCUT2D eigenvalue weighted by molar-refractivity contribution is -0.130. The third-order valence-electron chi connectivity index (χ3n) is 3.73. The van der Waals surface area contributed by atoms with Crippen LogP contribution in [0.15, 0.2) is 33.7 Å². The first-order chi connectivity index (χ1) is 11.1. The second-order valence-corrected chi connectivity index (χ2v) is 7.51. The van der Waals surface area contributed by atoms with Gasteiger partial charge in [-0.3, -0.25) is 9.79 Å². The van der Waals surface area contributed by atoms with Crippen molar-refractivity contribution in [2.75, 3.05) is 38.2 Å². The number of hydrogen-bond donors (Lipinski definition) is 1. The fraction of sp³-hybridized carbons (Fsp3) is 0.500. The second kappa shape index (κ2) is 11.2. The van der Waals surface area contributed by atoms with Crippen molar-refractivity contribution in [2.24, 2.45) is 10.7 Å². The average Bonchev–Trinajstić information content (AvgIpc) is 2.57. The summed E-state index contributed by atoms with van der Waals surface area (Å²) in [5, 5.41) is 0. The van der Waals surface area contributed by atoms with E-state index in [9.17, 15) is 4.79 Å². The van der Waals surface area contributed by atoms with Crippen molar-refractivity contribution in [1.29, 1.82) is 0 Å². The number of halogens is 2. The number of aliphatic imine (C=N–C) groups is 1. The lowest BCUT2D eigenvalue weighted by Crippen LogP contribution is -2.42. The van der Waals surface area contributed by atoms with E-state index in [1.165, 1.54) is 0 Å². The number of guanidine groups is 1. The van der Waals surface area contributed by atoms with Gasteiger partial charge in [-0.1, -0.05) is 34.1 Å². The van der Waals surface area contributed by atoms with E-state index in [4.69, 9.17) is 5.73 Å². The monoisotopic (exact) mass is 526 g/mol. The smallest absolute Gasteiger partial charge is 0.224 e. The molecule has 1 heterocycles. The van der Waals surface area contributed by atoms with Gasteiger partial charge in [0, 0.05) is 49.1 Å². The predicted octanol–water partition coefficient (Wildman–Crippen LogP) is 2.78. The Bertz CT molecular complexity index is 567. The Balaban J connectivity index is 0.00000288. The third kappa shape index (κ3) is 6.79. The molecule has 0 aromatic heterocycles. The molecular formula is C16H24BrIN4OS. The fourth-order valence-electron chi connectivity index (χ4n) is 2.32. The number of nitrogens with two attached hydrogens (primary N) is 1. The molecule has 2 N–H and O–H groups in total. The largest absolute Gasteiger partial charge is 0.370 e. The summed E-state index contributed by atoms with van der Waals surface area (Å²) in [7, 11) is 1.82. The normalized spacial score (nSPS) is 14.9. The predicted molar refractivity (Wildman–Crippen MR) is 116 cm³/mol. The molecule has 0 saturated carbocycles. The molecule has 0 spiro atoms. The van der Waals surface area contributed by atoms with E-state index < -0.39 is 0 Å². The lowest BCUT2D eigenvalue weighted by atomic mass is 10.2. The number of nitrogens with zero attached hydrogens (tertiary/aromatic N) is 3. The van der Waals surface area contributed by atoms with Gasteiger partial charge in [0.25, 0.3) is 0 Å². The van der Waals surface area contributed by atoms with Crippen LogP contribution in [0.25, 0.3) is 0 Å². The van der Waals surface area contributed by atoms with Crippen molar-refractivity contribution in [1.82, 2.24) is 9.80 Å². The van der Waals surface area contributed by atoms with Crippen LogP contribution in [-0.2, 0) is 11.3 Å². The SMILES string of the molecule is CN(Cc1ccccc1Br)C(=O)CCN=C(N)N1CCSCC1.I. The van der Waals surface area contributed by atoms with Crippen molar-refractivity contribution in [2.45, 2.75) is 13.0 Å². The number of amides is 1. The van der Waals surface area contributed by atoms with Crippen LogP contribution in [0.3, 0.4) is 0 Å². The summed E-state index contributed by atoms with van der Waals surface area (Å²) in [6.45, 7) is 2.91. The molecule has 1 saturated heterocycles. The summed E-state index contributed by atoms with van der Waals surface area (Å²) in [5.41, 5.74) is 7.08. The minimum Gasteiger partial charge on any atom is -0.370 e. The van der Waals surface area contributed by atoms with Gasteiger partial charge in [0.1, 0.15) is 0 Å². The number of rotatable bonds is 5. The Kier molecular flexibility index (Phi) is 10.1. The van der Waals surface area contributed by atoms with Gasteiger partial charge in [-0.15, -0.1) is 24.0 Å². The first-order valence-electron chi connectivity index (χ1n) is 7.68. The van der Waals surface area contributed by atoms with Gasteiger partial charge < -0.3 is 15.5 Å². The molecule has 1 fully saturated rings. The minimum absolute atomic E-state index is 0. The molecule has 0 aliphatic carbocycles. The van der Waals surface area contributed by atoms with Crippen LogP contribution in [0, 0.1) is 0 Å². The first kappa shape index (κ1) is 21.6. The average molecular weight is 527 g/mol. The Hall–Kier alpha value is -0.480. The number of thioether (sulfide) groups is 1. The molecule has 0 unspecified atom stereocenters. The molecule has 0 radical (unpaired) electrons. The number of carbonyl (C=O) groups is 1. The van der Waals surface area contributed by atoms with Crippen LogP contribution in [0.1, 0.15) is 12.0 Å². The van der Waals surface area contributed by atoms with Gasteiger partial charge in [-0.2, -0.15) is 11.8 Å². The summed E-state index contributed by atoms with van der Waals surface area (Å²) in [5.74, 6) is 2.81. The maximum absolute atomic E-state index is 12.2. The number of hydrogen-bond acceptors (Lipinski definition) is 3. The molecular weight excluding hydrogens is 503 g/mol. The molecule has 0 atom stereocenters. The van der Waals surface area contributed by atoms with Crippen LogP contribution < -0.4 is 5.73 Å². The number of benzene rings is 1. The van der Waals surface area contributed by atoms with Gasteiger partial charge >= 0.3 is 0 Å².